The number of nitrogens with zero attached hydrogens (tertiary/aromatic N) is 2. The highest BCUT2D eigenvalue weighted by atomic mass is 16.5. The predicted octanol–water partition coefficient (Wildman–Crippen LogP) is 3.63. The van der Waals surface area contributed by atoms with Gasteiger partial charge in [0.2, 0.25) is 5.76 Å². The number of morpholine rings is 1. The van der Waals surface area contributed by atoms with Crippen LogP contribution in [0.4, 0.5) is 0 Å². The fraction of sp³-hybridized carbons (Fsp3) is 0.346. The molecule has 1 fully saturated rings. The van der Waals surface area contributed by atoms with E-state index in [0.29, 0.717) is 18.7 Å². The van der Waals surface area contributed by atoms with E-state index < -0.39 is 5.60 Å². The van der Waals surface area contributed by atoms with Gasteiger partial charge in [0, 0.05) is 19.0 Å². The van der Waals surface area contributed by atoms with Crippen LogP contribution in [0, 0.1) is 6.92 Å². The van der Waals surface area contributed by atoms with E-state index in [4.69, 9.17) is 9.15 Å². The van der Waals surface area contributed by atoms with Gasteiger partial charge in [-0.15, -0.1) is 0 Å². The summed E-state index contributed by atoms with van der Waals surface area (Å²) in [7, 11) is 0. The number of amides is 2. The zero-order chi connectivity index (χ0) is 23.4. The van der Waals surface area contributed by atoms with Crippen molar-refractivity contribution in [3.8, 4) is 11.1 Å². The average Bonchev–Trinajstić information content (AvgIpc) is 3.25. The first-order valence-electron chi connectivity index (χ1n) is 11.2. The normalized spacial score (nSPS) is 18.4. The van der Waals surface area contributed by atoms with Crippen LogP contribution >= 0.6 is 0 Å². The number of nitrogens with one attached hydrogen (secondary N) is 1. The minimum atomic E-state index is -1.21. The molecule has 0 saturated carbocycles. The SMILES string of the molecule is Cc1ncoc1C(=O)N1CCO[C@@](Cc2cccc(-c3ccccc3)c2)(C(=O)NC(C)C)C1. The largest absolute Gasteiger partial charge is 0.438 e. The molecule has 2 heterocycles. The van der Waals surface area contributed by atoms with Crippen LogP contribution in [-0.2, 0) is 16.0 Å². The summed E-state index contributed by atoms with van der Waals surface area (Å²) in [6.07, 6.45) is 1.60. The van der Waals surface area contributed by atoms with Gasteiger partial charge in [0.1, 0.15) is 0 Å². The fourth-order valence-corrected chi connectivity index (χ4v) is 4.15. The second-order valence-electron chi connectivity index (χ2n) is 8.71. The summed E-state index contributed by atoms with van der Waals surface area (Å²) in [6, 6.07) is 18.1. The van der Waals surface area contributed by atoms with Crippen LogP contribution in [0.5, 0.6) is 0 Å². The number of carbonyl (C=O) groups excluding carboxylic acids is 2. The van der Waals surface area contributed by atoms with Crippen LogP contribution in [0.15, 0.2) is 65.4 Å². The maximum Gasteiger partial charge on any atom is 0.291 e. The van der Waals surface area contributed by atoms with E-state index >= 15 is 0 Å². The monoisotopic (exact) mass is 447 g/mol. The summed E-state index contributed by atoms with van der Waals surface area (Å²) in [5, 5.41) is 2.99. The molecule has 0 unspecified atom stereocenters. The Morgan fingerprint density at radius 3 is 2.58 bits per heavy atom. The number of hydrogen-bond acceptors (Lipinski definition) is 5. The first kappa shape index (κ1) is 22.7. The highest BCUT2D eigenvalue weighted by molar-refractivity contribution is 5.94. The van der Waals surface area contributed by atoms with Gasteiger partial charge in [0.05, 0.1) is 18.8 Å². The highest BCUT2D eigenvalue weighted by Gasteiger charge is 2.46. The summed E-state index contributed by atoms with van der Waals surface area (Å²) in [5.74, 6) is -0.316. The van der Waals surface area contributed by atoms with E-state index in [0.717, 1.165) is 16.7 Å². The number of ether oxygens (including phenoxy) is 1. The van der Waals surface area contributed by atoms with Crippen molar-refractivity contribution in [2.75, 3.05) is 19.7 Å². The minimum absolute atomic E-state index is 0.0591. The molecule has 172 valence electrons. The van der Waals surface area contributed by atoms with Crippen LogP contribution < -0.4 is 5.32 Å². The molecule has 0 aliphatic carbocycles. The first-order chi connectivity index (χ1) is 15.9. The lowest BCUT2D eigenvalue weighted by atomic mass is 9.89. The summed E-state index contributed by atoms with van der Waals surface area (Å²) >= 11 is 0. The van der Waals surface area contributed by atoms with E-state index in [1.807, 2.05) is 50.2 Å². The fourth-order valence-electron chi connectivity index (χ4n) is 4.15. The van der Waals surface area contributed by atoms with Crippen molar-refractivity contribution in [2.24, 2.45) is 0 Å². The lowest BCUT2D eigenvalue weighted by molar-refractivity contribution is -0.157. The number of aromatic nitrogens is 1. The molecule has 1 aromatic heterocycles. The third-order valence-corrected chi connectivity index (χ3v) is 5.77. The first-order valence-corrected chi connectivity index (χ1v) is 11.2. The van der Waals surface area contributed by atoms with Gasteiger partial charge in [-0.2, -0.15) is 0 Å². The summed E-state index contributed by atoms with van der Waals surface area (Å²) in [4.78, 5) is 32.2. The third-order valence-electron chi connectivity index (χ3n) is 5.77. The van der Waals surface area contributed by atoms with E-state index in [9.17, 15) is 9.59 Å². The molecule has 1 aliphatic rings. The standard InChI is InChI=1S/C26H29N3O4/c1-18(2)28-25(31)26(15-20-8-7-11-22(14-20)21-9-5-4-6-10-21)16-29(12-13-33-26)24(30)23-19(3)27-17-32-23/h4-11,14,17-18H,12-13,15-16H2,1-3H3,(H,28,31)/t26-/m1/s1. The molecule has 2 amide bonds. The van der Waals surface area contributed by atoms with E-state index in [1.54, 1.807) is 11.8 Å². The highest BCUT2D eigenvalue weighted by Crippen LogP contribution is 2.28. The van der Waals surface area contributed by atoms with Gasteiger partial charge in [0.15, 0.2) is 12.0 Å². The number of benzene rings is 2. The van der Waals surface area contributed by atoms with E-state index in [-0.39, 0.29) is 36.8 Å². The summed E-state index contributed by atoms with van der Waals surface area (Å²) in [5.41, 5.74) is 2.44. The van der Waals surface area contributed by atoms with Crippen LogP contribution in [0.25, 0.3) is 11.1 Å². The van der Waals surface area contributed by atoms with Crippen LogP contribution in [-0.4, -0.2) is 53.0 Å². The smallest absolute Gasteiger partial charge is 0.291 e. The number of oxazole rings is 1. The molecule has 7 nitrogen and oxygen atoms in total. The lowest BCUT2D eigenvalue weighted by Gasteiger charge is -2.41. The molecular weight excluding hydrogens is 418 g/mol. The van der Waals surface area contributed by atoms with Crippen molar-refractivity contribution >= 4 is 11.8 Å². The number of carbonyl (C=O) groups is 2. The average molecular weight is 448 g/mol. The zero-order valence-corrected chi connectivity index (χ0v) is 19.2. The molecule has 0 bridgehead atoms. The van der Waals surface area contributed by atoms with Gasteiger partial charge in [-0.3, -0.25) is 9.59 Å². The van der Waals surface area contributed by atoms with Gasteiger partial charge in [-0.1, -0.05) is 54.6 Å². The zero-order valence-electron chi connectivity index (χ0n) is 19.2. The molecular formula is C26H29N3O4. The van der Waals surface area contributed by atoms with E-state index in [2.05, 4.69) is 28.5 Å². The number of aryl methyl sites for hydroxylation is 1. The molecule has 1 saturated heterocycles. The second kappa shape index (κ2) is 9.58. The van der Waals surface area contributed by atoms with Crippen LogP contribution in [0.3, 0.4) is 0 Å². The third kappa shape index (κ3) is 4.98. The molecule has 3 aromatic rings. The van der Waals surface area contributed by atoms with Crippen LogP contribution in [0.1, 0.15) is 35.7 Å². The van der Waals surface area contributed by atoms with Crippen molar-refractivity contribution in [1.82, 2.24) is 15.2 Å². The van der Waals surface area contributed by atoms with Crippen molar-refractivity contribution in [1.29, 1.82) is 0 Å². The van der Waals surface area contributed by atoms with Gasteiger partial charge >= 0.3 is 0 Å². The Morgan fingerprint density at radius 2 is 1.88 bits per heavy atom. The minimum Gasteiger partial charge on any atom is -0.438 e. The second-order valence-corrected chi connectivity index (χ2v) is 8.71. The summed E-state index contributed by atoms with van der Waals surface area (Å²) < 4.78 is 11.5. The van der Waals surface area contributed by atoms with Gasteiger partial charge < -0.3 is 19.4 Å². The Kier molecular flexibility index (Phi) is 6.60. The molecule has 1 N–H and O–H groups in total. The number of rotatable bonds is 6. The Balaban J connectivity index is 1.64. The quantitative estimate of drug-likeness (QED) is 0.624. The molecule has 1 aliphatic heterocycles. The molecule has 4 rings (SSSR count). The Bertz CT molecular complexity index is 1130. The molecule has 2 aromatic carbocycles. The Labute approximate surface area is 193 Å². The molecule has 1 atom stereocenters. The van der Waals surface area contributed by atoms with Gasteiger partial charge in [0.25, 0.3) is 11.8 Å². The van der Waals surface area contributed by atoms with E-state index in [1.165, 1.54) is 6.39 Å². The van der Waals surface area contributed by atoms with Crippen molar-refractivity contribution in [3.63, 3.8) is 0 Å². The molecule has 7 heteroatoms. The Morgan fingerprint density at radius 1 is 1.12 bits per heavy atom. The lowest BCUT2D eigenvalue weighted by Crippen LogP contribution is -2.62. The topological polar surface area (TPSA) is 84.7 Å². The predicted molar refractivity (Wildman–Crippen MR) is 125 cm³/mol. The maximum atomic E-state index is 13.4. The molecule has 0 spiro atoms. The van der Waals surface area contributed by atoms with Crippen LogP contribution in [0.2, 0.25) is 0 Å². The number of hydrogen-bond donors (Lipinski definition) is 1. The summed E-state index contributed by atoms with van der Waals surface area (Å²) in [6.45, 7) is 6.30. The van der Waals surface area contributed by atoms with Crippen molar-refractivity contribution < 1.29 is 18.7 Å². The Hall–Kier alpha value is -3.45. The van der Waals surface area contributed by atoms with Crippen molar-refractivity contribution in [2.45, 2.75) is 38.8 Å². The molecule has 0 radical (unpaired) electrons. The van der Waals surface area contributed by atoms with Gasteiger partial charge in [-0.25, -0.2) is 4.98 Å². The van der Waals surface area contributed by atoms with Gasteiger partial charge in [-0.05, 0) is 37.5 Å². The van der Waals surface area contributed by atoms with Crippen molar-refractivity contribution in [3.05, 3.63) is 78.0 Å². The molecule has 33 heavy (non-hydrogen) atoms. The maximum absolute atomic E-state index is 13.4.